The fourth-order valence-corrected chi connectivity index (χ4v) is 3.22. The van der Waals surface area contributed by atoms with Gasteiger partial charge in [-0.05, 0) is 24.6 Å². The molecule has 0 saturated heterocycles. The van der Waals surface area contributed by atoms with Crippen LogP contribution in [0.1, 0.15) is 19.8 Å². The van der Waals surface area contributed by atoms with Gasteiger partial charge in [-0.3, -0.25) is 4.79 Å². The van der Waals surface area contributed by atoms with Crippen molar-refractivity contribution in [3.05, 3.63) is 22.7 Å². The third kappa shape index (κ3) is 2.43. The second-order valence-corrected chi connectivity index (χ2v) is 5.73. The molecule has 1 aliphatic rings. The molecule has 0 spiro atoms. The molecule has 86 valence electrons. The van der Waals surface area contributed by atoms with Crippen molar-refractivity contribution >= 4 is 39.3 Å². The van der Waals surface area contributed by atoms with Crippen molar-refractivity contribution in [2.75, 3.05) is 17.2 Å². The Morgan fingerprint density at radius 2 is 2.31 bits per heavy atom. The van der Waals surface area contributed by atoms with Crippen LogP contribution in [0.2, 0.25) is 0 Å². The highest BCUT2D eigenvalue weighted by Gasteiger charge is 2.23. The second kappa shape index (κ2) is 5.23. The van der Waals surface area contributed by atoms with Gasteiger partial charge >= 0.3 is 0 Å². The van der Waals surface area contributed by atoms with Crippen molar-refractivity contribution in [1.29, 1.82) is 0 Å². The zero-order valence-corrected chi connectivity index (χ0v) is 11.6. The van der Waals surface area contributed by atoms with Crippen molar-refractivity contribution < 1.29 is 4.79 Å². The normalized spacial score (nSPS) is 15.1. The van der Waals surface area contributed by atoms with Crippen molar-refractivity contribution in [3.63, 3.8) is 0 Å². The van der Waals surface area contributed by atoms with Crippen LogP contribution in [0.4, 0.5) is 5.69 Å². The van der Waals surface area contributed by atoms with Crippen LogP contribution in [0.15, 0.2) is 27.6 Å². The Hall–Kier alpha value is -0.480. The molecule has 1 aromatic carbocycles. The van der Waals surface area contributed by atoms with E-state index in [2.05, 4.69) is 28.9 Å². The van der Waals surface area contributed by atoms with Gasteiger partial charge in [0.25, 0.3) is 0 Å². The van der Waals surface area contributed by atoms with Gasteiger partial charge in [0.15, 0.2) is 0 Å². The van der Waals surface area contributed by atoms with Gasteiger partial charge in [-0.25, -0.2) is 0 Å². The minimum atomic E-state index is 0.230. The highest BCUT2D eigenvalue weighted by atomic mass is 79.9. The Morgan fingerprint density at radius 3 is 3.06 bits per heavy atom. The van der Waals surface area contributed by atoms with Crippen molar-refractivity contribution in [2.45, 2.75) is 24.7 Å². The van der Waals surface area contributed by atoms with Crippen LogP contribution in [0, 0.1) is 0 Å². The van der Waals surface area contributed by atoms with E-state index in [0.717, 1.165) is 29.5 Å². The third-order valence-electron chi connectivity index (χ3n) is 2.60. The third-order valence-corrected chi connectivity index (χ3v) is 4.12. The molecule has 1 aliphatic heterocycles. The van der Waals surface area contributed by atoms with Crippen LogP contribution in [-0.4, -0.2) is 18.2 Å². The van der Waals surface area contributed by atoms with Crippen molar-refractivity contribution in [1.82, 2.24) is 0 Å². The summed E-state index contributed by atoms with van der Waals surface area (Å²) >= 11 is 5.09. The minimum Gasteiger partial charge on any atom is -0.311 e. The Morgan fingerprint density at radius 1 is 1.50 bits per heavy atom. The summed E-state index contributed by atoms with van der Waals surface area (Å²) in [4.78, 5) is 15.0. The lowest BCUT2D eigenvalue weighted by atomic mass is 10.2. The standard InChI is InChI=1S/C12H14BrNOS/c1-2-3-6-14-10-5-4-9(13)7-11(10)16-8-12(14)15/h4-5,7H,2-3,6,8H2,1H3. The Balaban J connectivity index is 2.29. The maximum absolute atomic E-state index is 11.8. The first-order valence-corrected chi connectivity index (χ1v) is 7.23. The summed E-state index contributed by atoms with van der Waals surface area (Å²) in [6.45, 7) is 2.98. The number of hydrogen-bond acceptors (Lipinski definition) is 2. The topological polar surface area (TPSA) is 20.3 Å². The number of fused-ring (bicyclic) bond motifs is 1. The average Bonchev–Trinajstić information content (AvgIpc) is 2.28. The van der Waals surface area contributed by atoms with E-state index in [1.165, 1.54) is 4.90 Å². The fourth-order valence-electron chi connectivity index (χ4n) is 1.74. The Kier molecular flexibility index (Phi) is 3.92. The highest BCUT2D eigenvalue weighted by Crippen LogP contribution is 2.37. The number of carbonyl (C=O) groups excluding carboxylic acids is 1. The SMILES string of the molecule is CCCCN1C(=O)CSc2cc(Br)ccc21. The molecule has 0 aromatic heterocycles. The molecule has 2 rings (SSSR count). The van der Waals surface area contributed by atoms with Crippen molar-refractivity contribution in [3.8, 4) is 0 Å². The summed E-state index contributed by atoms with van der Waals surface area (Å²) in [5, 5.41) is 0. The van der Waals surface area contributed by atoms with Gasteiger partial charge in [-0.2, -0.15) is 0 Å². The molecule has 0 radical (unpaired) electrons. The largest absolute Gasteiger partial charge is 0.311 e. The first-order chi connectivity index (χ1) is 7.72. The van der Waals surface area contributed by atoms with Gasteiger partial charge in [0.2, 0.25) is 5.91 Å². The lowest BCUT2D eigenvalue weighted by Crippen LogP contribution is -2.36. The number of halogens is 1. The molecule has 0 saturated carbocycles. The molecule has 4 heteroatoms. The molecule has 1 aromatic rings. The molecule has 16 heavy (non-hydrogen) atoms. The quantitative estimate of drug-likeness (QED) is 0.848. The number of anilines is 1. The van der Waals surface area contributed by atoms with Gasteiger partial charge in [0.05, 0.1) is 11.4 Å². The van der Waals surface area contributed by atoms with Crippen LogP contribution >= 0.6 is 27.7 Å². The van der Waals surface area contributed by atoms with E-state index in [0.29, 0.717) is 5.75 Å². The molecule has 0 unspecified atom stereocenters. The lowest BCUT2D eigenvalue weighted by molar-refractivity contribution is -0.116. The van der Waals surface area contributed by atoms with E-state index >= 15 is 0 Å². The fraction of sp³-hybridized carbons (Fsp3) is 0.417. The van der Waals surface area contributed by atoms with Gasteiger partial charge in [0, 0.05) is 15.9 Å². The predicted molar refractivity (Wildman–Crippen MR) is 72.1 cm³/mol. The number of thioether (sulfide) groups is 1. The van der Waals surface area contributed by atoms with Crippen LogP contribution in [0.5, 0.6) is 0 Å². The maximum atomic E-state index is 11.8. The molecule has 1 heterocycles. The lowest BCUT2D eigenvalue weighted by Gasteiger charge is -2.29. The van der Waals surface area contributed by atoms with E-state index < -0.39 is 0 Å². The highest BCUT2D eigenvalue weighted by molar-refractivity contribution is 9.10. The van der Waals surface area contributed by atoms with E-state index in [1.54, 1.807) is 11.8 Å². The first-order valence-electron chi connectivity index (χ1n) is 5.45. The zero-order valence-electron chi connectivity index (χ0n) is 9.20. The van der Waals surface area contributed by atoms with E-state index in [1.807, 2.05) is 17.0 Å². The average molecular weight is 300 g/mol. The summed E-state index contributed by atoms with van der Waals surface area (Å²) in [6, 6.07) is 6.11. The summed E-state index contributed by atoms with van der Waals surface area (Å²) in [6.07, 6.45) is 2.18. The molecular weight excluding hydrogens is 286 g/mol. The van der Waals surface area contributed by atoms with Crippen LogP contribution in [-0.2, 0) is 4.79 Å². The Bertz CT molecular complexity index is 408. The number of amides is 1. The monoisotopic (exact) mass is 299 g/mol. The molecule has 2 nitrogen and oxygen atoms in total. The van der Waals surface area contributed by atoms with Crippen LogP contribution in [0.3, 0.4) is 0 Å². The van der Waals surface area contributed by atoms with Gasteiger partial charge in [0.1, 0.15) is 0 Å². The minimum absolute atomic E-state index is 0.230. The molecular formula is C12H14BrNOS. The van der Waals surface area contributed by atoms with Crippen molar-refractivity contribution in [2.24, 2.45) is 0 Å². The summed E-state index contributed by atoms with van der Waals surface area (Å²) in [5.41, 5.74) is 1.07. The molecule has 1 amide bonds. The number of nitrogens with zero attached hydrogens (tertiary/aromatic N) is 1. The van der Waals surface area contributed by atoms with Gasteiger partial charge < -0.3 is 4.90 Å². The number of rotatable bonds is 3. The van der Waals surface area contributed by atoms with E-state index in [-0.39, 0.29) is 5.91 Å². The number of hydrogen-bond donors (Lipinski definition) is 0. The van der Waals surface area contributed by atoms with Crippen LogP contribution in [0.25, 0.3) is 0 Å². The molecule has 0 atom stereocenters. The number of benzene rings is 1. The van der Waals surface area contributed by atoms with Gasteiger partial charge in [-0.1, -0.05) is 29.3 Å². The van der Waals surface area contributed by atoms with E-state index in [4.69, 9.17) is 0 Å². The summed E-state index contributed by atoms with van der Waals surface area (Å²) in [5.74, 6) is 0.793. The summed E-state index contributed by atoms with van der Waals surface area (Å²) < 4.78 is 1.07. The number of carbonyl (C=O) groups is 1. The number of unbranched alkanes of at least 4 members (excludes halogenated alkanes) is 1. The second-order valence-electron chi connectivity index (χ2n) is 3.80. The maximum Gasteiger partial charge on any atom is 0.237 e. The Labute approximate surface area is 109 Å². The molecule has 0 bridgehead atoms. The molecule has 0 N–H and O–H groups in total. The molecule has 0 aliphatic carbocycles. The first kappa shape index (κ1) is 12.0. The van der Waals surface area contributed by atoms with Gasteiger partial charge in [-0.15, -0.1) is 11.8 Å². The summed E-state index contributed by atoms with van der Waals surface area (Å²) in [7, 11) is 0. The smallest absolute Gasteiger partial charge is 0.237 e. The predicted octanol–water partition coefficient (Wildman–Crippen LogP) is 3.69. The molecule has 0 fully saturated rings. The van der Waals surface area contributed by atoms with E-state index in [9.17, 15) is 4.79 Å². The zero-order chi connectivity index (χ0) is 11.5. The van der Waals surface area contributed by atoms with Crippen LogP contribution < -0.4 is 4.90 Å².